The van der Waals surface area contributed by atoms with Crippen molar-refractivity contribution in [2.24, 2.45) is 0 Å². The third kappa shape index (κ3) is 3.63. The first-order valence-corrected chi connectivity index (χ1v) is 8.76. The van der Waals surface area contributed by atoms with Crippen LogP contribution in [0.15, 0.2) is 83.7 Å². The van der Waals surface area contributed by atoms with Gasteiger partial charge in [0.15, 0.2) is 11.5 Å². The molecule has 1 atom stereocenters. The van der Waals surface area contributed by atoms with Gasteiger partial charge in [-0.2, -0.15) is 9.90 Å². The molecule has 0 aliphatic heterocycles. The number of benzene rings is 3. The average Bonchev–Trinajstić information content (AvgIpc) is 2.76. The van der Waals surface area contributed by atoms with Crippen LogP contribution in [0.5, 0.6) is 0 Å². The summed E-state index contributed by atoms with van der Waals surface area (Å²) in [6, 6.07) is 21.5. The maximum atomic E-state index is 13.1. The summed E-state index contributed by atoms with van der Waals surface area (Å²) < 4.78 is 1.09. The summed E-state index contributed by atoms with van der Waals surface area (Å²) in [5.74, 6) is -0.346. The predicted octanol–water partition coefficient (Wildman–Crippen LogP) is 1.85. The molecule has 3 N–H and O–H groups in total. The highest BCUT2D eigenvalue weighted by Gasteiger charge is 2.16. The minimum atomic E-state index is -1.14. The fraction of sp³-hybridized carbons (Fsp3) is 0. The largest absolute Gasteiger partial charge is 0.595 e. The molecule has 29 heavy (non-hydrogen) atoms. The molecule has 0 aliphatic rings. The first kappa shape index (κ1) is 18.5. The number of carbonyl (C=O) groups excluding carboxylic acids is 1. The van der Waals surface area contributed by atoms with Gasteiger partial charge in [0.2, 0.25) is 0 Å². The molecule has 144 valence electrons. The summed E-state index contributed by atoms with van der Waals surface area (Å²) in [6.07, 6.45) is 0. The number of amides is 1. The Bertz CT molecular complexity index is 1250. The second-order valence-corrected chi connectivity index (χ2v) is 6.29. The molecular weight excluding hydrogens is 372 g/mol. The van der Waals surface area contributed by atoms with Crippen molar-refractivity contribution in [3.05, 3.63) is 100.0 Å². The standard InChI is InChI=1S/C21H16N4O4/c26-20(15-9-6-10-16(13-15)25(28)29)23-24-19(14-7-2-1-3-8-14)22-18-12-5-4-11-17(18)21(24)27/h1-13,25,28H,(H,23,26). The van der Waals surface area contributed by atoms with E-state index in [4.69, 9.17) is 5.21 Å². The van der Waals surface area contributed by atoms with Crippen molar-refractivity contribution in [3.8, 4) is 11.4 Å². The number of nitrogens with zero attached hydrogens (tertiary/aromatic N) is 2. The maximum absolute atomic E-state index is 13.1. The third-order valence-electron chi connectivity index (χ3n) is 4.39. The molecule has 0 saturated heterocycles. The normalized spacial score (nSPS) is 11.9. The monoisotopic (exact) mass is 388 g/mol. The van der Waals surface area contributed by atoms with Gasteiger partial charge in [0, 0.05) is 23.3 Å². The minimum absolute atomic E-state index is 0.0232. The lowest BCUT2D eigenvalue weighted by molar-refractivity contribution is -0.991. The van der Waals surface area contributed by atoms with Crippen molar-refractivity contribution in [3.63, 3.8) is 0 Å². The zero-order valence-corrected chi connectivity index (χ0v) is 15.1. The van der Waals surface area contributed by atoms with Crippen molar-refractivity contribution in [2.75, 3.05) is 5.43 Å². The molecule has 0 bridgehead atoms. The third-order valence-corrected chi connectivity index (χ3v) is 4.39. The van der Waals surface area contributed by atoms with Gasteiger partial charge in [-0.1, -0.05) is 48.5 Å². The van der Waals surface area contributed by atoms with Gasteiger partial charge in [-0.05, 0) is 18.2 Å². The van der Waals surface area contributed by atoms with Crippen LogP contribution in [-0.2, 0) is 0 Å². The Morgan fingerprint density at radius 1 is 1.00 bits per heavy atom. The first-order valence-electron chi connectivity index (χ1n) is 8.76. The molecule has 8 nitrogen and oxygen atoms in total. The molecule has 0 spiro atoms. The van der Waals surface area contributed by atoms with Crippen LogP contribution in [0.4, 0.5) is 5.69 Å². The Kier molecular flexibility index (Phi) is 4.88. The zero-order chi connectivity index (χ0) is 20.4. The lowest BCUT2D eigenvalue weighted by Gasteiger charge is -2.15. The smallest absolute Gasteiger partial charge is 0.280 e. The fourth-order valence-corrected chi connectivity index (χ4v) is 2.98. The number of hydrogen-bond acceptors (Lipinski definition) is 5. The van der Waals surface area contributed by atoms with E-state index in [9.17, 15) is 14.8 Å². The number of aromatic nitrogens is 2. The van der Waals surface area contributed by atoms with E-state index in [-0.39, 0.29) is 17.1 Å². The lowest BCUT2D eigenvalue weighted by Crippen LogP contribution is -2.99. The van der Waals surface area contributed by atoms with E-state index in [1.54, 1.807) is 48.5 Å². The summed E-state index contributed by atoms with van der Waals surface area (Å²) in [4.78, 5) is 30.4. The molecular formula is C21H16N4O4. The van der Waals surface area contributed by atoms with Gasteiger partial charge in [0.05, 0.1) is 10.9 Å². The highest BCUT2D eigenvalue weighted by Crippen LogP contribution is 2.18. The van der Waals surface area contributed by atoms with Crippen molar-refractivity contribution >= 4 is 22.5 Å². The summed E-state index contributed by atoms with van der Waals surface area (Å²) in [6.45, 7) is 0. The van der Waals surface area contributed by atoms with E-state index in [0.29, 0.717) is 16.5 Å². The van der Waals surface area contributed by atoms with Crippen molar-refractivity contribution < 1.29 is 15.2 Å². The van der Waals surface area contributed by atoms with Crippen molar-refractivity contribution in [2.45, 2.75) is 0 Å². The number of para-hydroxylation sites is 1. The van der Waals surface area contributed by atoms with E-state index in [2.05, 4.69) is 10.4 Å². The second kappa shape index (κ2) is 7.64. The van der Waals surface area contributed by atoms with Crippen LogP contribution >= 0.6 is 0 Å². The fourth-order valence-electron chi connectivity index (χ4n) is 2.98. The van der Waals surface area contributed by atoms with Crippen LogP contribution in [0.25, 0.3) is 22.3 Å². The number of fused-ring (bicyclic) bond motifs is 1. The predicted molar refractivity (Wildman–Crippen MR) is 107 cm³/mol. The van der Waals surface area contributed by atoms with Gasteiger partial charge in [0.1, 0.15) is 0 Å². The molecule has 0 aliphatic carbocycles. The number of rotatable bonds is 4. The Morgan fingerprint density at radius 2 is 1.72 bits per heavy atom. The Balaban J connectivity index is 1.84. The van der Waals surface area contributed by atoms with Crippen LogP contribution in [0, 0.1) is 5.21 Å². The topological polar surface area (TPSA) is 112 Å². The van der Waals surface area contributed by atoms with Crippen LogP contribution < -0.4 is 16.2 Å². The Morgan fingerprint density at radius 3 is 2.48 bits per heavy atom. The van der Waals surface area contributed by atoms with Crippen molar-refractivity contribution in [1.82, 2.24) is 9.66 Å². The molecule has 4 aromatic rings. The Labute approximate surface area is 164 Å². The van der Waals surface area contributed by atoms with Gasteiger partial charge >= 0.3 is 0 Å². The molecule has 0 saturated carbocycles. The molecule has 1 amide bonds. The molecule has 0 fully saturated rings. The quantitative estimate of drug-likeness (QED) is 0.462. The number of carbonyl (C=O) groups is 1. The average molecular weight is 388 g/mol. The van der Waals surface area contributed by atoms with Gasteiger partial charge in [-0.3, -0.25) is 15.0 Å². The summed E-state index contributed by atoms with van der Waals surface area (Å²) >= 11 is 0. The summed E-state index contributed by atoms with van der Waals surface area (Å²) in [7, 11) is 0. The van der Waals surface area contributed by atoms with Gasteiger partial charge in [-0.15, -0.1) is 0 Å². The van der Waals surface area contributed by atoms with Gasteiger partial charge in [-0.25, -0.2) is 10.2 Å². The molecule has 3 aromatic carbocycles. The van der Waals surface area contributed by atoms with E-state index in [0.717, 1.165) is 4.68 Å². The van der Waals surface area contributed by atoms with Gasteiger partial charge < -0.3 is 5.21 Å². The van der Waals surface area contributed by atoms with Crippen LogP contribution in [-0.4, -0.2) is 20.8 Å². The second-order valence-electron chi connectivity index (χ2n) is 6.29. The van der Waals surface area contributed by atoms with E-state index >= 15 is 0 Å². The summed E-state index contributed by atoms with van der Waals surface area (Å²) in [5, 5.41) is 19.5. The molecule has 0 radical (unpaired) electrons. The van der Waals surface area contributed by atoms with E-state index < -0.39 is 16.7 Å². The molecule has 1 heterocycles. The first-order chi connectivity index (χ1) is 14.0. The molecule has 8 heteroatoms. The lowest BCUT2D eigenvalue weighted by atomic mass is 10.2. The number of nitrogens with one attached hydrogen (secondary N) is 2. The van der Waals surface area contributed by atoms with Crippen LogP contribution in [0.2, 0.25) is 0 Å². The molecule has 1 unspecified atom stereocenters. The van der Waals surface area contributed by atoms with Gasteiger partial charge in [0.25, 0.3) is 11.5 Å². The van der Waals surface area contributed by atoms with Crippen LogP contribution in [0.3, 0.4) is 0 Å². The zero-order valence-electron chi connectivity index (χ0n) is 15.1. The van der Waals surface area contributed by atoms with Crippen LogP contribution in [0.1, 0.15) is 10.4 Å². The maximum Gasteiger partial charge on any atom is 0.280 e. The highest BCUT2D eigenvalue weighted by molar-refractivity contribution is 6.00. The highest BCUT2D eigenvalue weighted by atomic mass is 16.8. The summed E-state index contributed by atoms with van der Waals surface area (Å²) in [5.41, 5.74) is 3.38. The molecule has 4 rings (SSSR count). The number of hydrogen-bond donors (Lipinski definition) is 3. The molecule has 1 aromatic heterocycles. The van der Waals surface area contributed by atoms with E-state index in [1.165, 1.54) is 24.3 Å². The number of quaternary nitrogens is 1. The van der Waals surface area contributed by atoms with E-state index in [1.807, 2.05) is 6.07 Å². The SMILES string of the molecule is O=C(Nn1c(-c2ccccc2)nc2ccccc2c1=O)c1cccc([NH+]([O-])O)c1. The Hall–Kier alpha value is -3.85. The minimum Gasteiger partial charge on any atom is -0.595 e. The van der Waals surface area contributed by atoms with Crippen molar-refractivity contribution in [1.29, 1.82) is 0 Å².